The van der Waals surface area contributed by atoms with Crippen LogP contribution in [0.25, 0.3) is 16.2 Å². The molecule has 0 spiro atoms. The summed E-state index contributed by atoms with van der Waals surface area (Å²) in [6.07, 6.45) is -2.50. The molecule has 30 heavy (non-hydrogen) atoms. The number of imidazole rings is 1. The number of thiazole rings is 1. The molecule has 0 radical (unpaired) electrons. The van der Waals surface area contributed by atoms with Crippen LogP contribution in [0.4, 0.5) is 18.9 Å². The summed E-state index contributed by atoms with van der Waals surface area (Å²) in [5.41, 5.74) is 1.93. The average Bonchev–Trinajstić information content (AvgIpc) is 3.30. The van der Waals surface area contributed by atoms with Gasteiger partial charge in [0.25, 0.3) is 0 Å². The van der Waals surface area contributed by atoms with Crippen molar-refractivity contribution in [3.05, 3.63) is 71.4 Å². The number of anilines is 1. The maximum absolute atomic E-state index is 12.6. The minimum Gasteiger partial charge on any atom is -0.497 e. The summed E-state index contributed by atoms with van der Waals surface area (Å²) < 4.78 is 45.0. The van der Waals surface area contributed by atoms with Crippen molar-refractivity contribution >= 4 is 27.9 Å². The van der Waals surface area contributed by atoms with E-state index in [1.165, 1.54) is 23.5 Å². The predicted molar refractivity (Wildman–Crippen MR) is 109 cm³/mol. The van der Waals surface area contributed by atoms with E-state index in [1.54, 1.807) is 7.11 Å². The Balaban J connectivity index is 1.50. The van der Waals surface area contributed by atoms with E-state index in [-0.39, 0.29) is 12.3 Å². The summed E-state index contributed by atoms with van der Waals surface area (Å²) in [6, 6.07) is 11.9. The van der Waals surface area contributed by atoms with E-state index in [9.17, 15) is 18.0 Å². The number of carbonyl (C=O) groups excluding carboxylic acids is 1. The molecule has 4 rings (SSSR count). The topological polar surface area (TPSA) is 55.6 Å². The Kier molecular flexibility index (Phi) is 5.21. The van der Waals surface area contributed by atoms with Gasteiger partial charge < -0.3 is 10.1 Å². The number of hydrogen-bond donors (Lipinski definition) is 1. The van der Waals surface area contributed by atoms with Crippen LogP contribution in [-0.4, -0.2) is 22.4 Å². The van der Waals surface area contributed by atoms with Crippen LogP contribution in [0.3, 0.4) is 0 Å². The van der Waals surface area contributed by atoms with Crippen molar-refractivity contribution in [1.29, 1.82) is 0 Å². The number of rotatable bonds is 5. The molecule has 0 aliphatic rings. The molecule has 1 N–H and O–H groups in total. The summed E-state index contributed by atoms with van der Waals surface area (Å²) >= 11 is 1.41. The number of alkyl halides is 3. The van der Waals surface area contributed by atoms with Gasteiger partial charge in [0.15, 0.2) is 4.96 Å². The normalized spacial score (nSPS) is 11.6. The maximum Gasteiger partial charge on any atom is 0.416 e. The second-order valence-electron chi connectivity index (χ2n) is 6.54. The molecule has 2 heterocycles. The third-order valence-electron chi connectivity index (χ3n) is 4.49. The van der Waals surface area contributed by atoms with E-state index < -0.39 is 11.7 Å². The number of fused-ring (bicyclic) bond motifs is 1. The van der Waals surface area contributed by atoms with Gasteiger partial charge in [-0.15, -0.1) is 11.3 Å². The fourth-order valence-electron chi connectivity index (χ4n) is 2.99. The largest absolute Gasteiger partial charge is 0.497 e. The fourth-order valence-corrected chi connectivity index (χ4v) is 3.86. The van der Waals surface area contributed by atoms with Gasteiger partial charge in [-0.2, -0.15) is 13.2 Å². The Morgan fingerprint density at radius 3 is 2.67 bits per heavy atom. The standard InChI is InChI=1S/C21H16F3N3O2S/c1-29-17-4-2-3-13(9-17)18-11-27-16(12-30-20(27)26-18)10-19(28)25-15-7-5-14(6-8-15)21(22,23)24/h2-9,11-12H,10H2,1H3,(H,25,28). The van der Waals surface area contributed by atoms with Gasteiger partial charge >= 0.3 is 6.18 Å². The monoisotopic (exact) mass is 431 g/mol. The summed E-state index contributed by atoms with van der Waals surface area (Å²) in [6.45, 7) is 0. The molecule has 154 valence electrons. The maximum atomic E-state index is 12.6. The first-order chi connectivity index (χ1) is 14.3. The lowest BCUT2D eigenvalue weighted by Gasteiger charge is -2.08. The number of carbonyl (C=O) groups is 1. The van der Waals surface area contributed by atoms with Crippen molar-refractivity contribution < 1.29 is 22.7 Å². The minimum atomic E-state index is -4.41. The number of nitrogens with zero attached hydrogens (tertiary/aromatic N) is 2. The van der Waals surface area contributed by atoms with Crippen molar-refractivity contribution in [3.63, 3.8) is 0 Å². The number of nitrogens with one attached hydrogen (secondary N) is 1. The Bertz CT molecular complexity index is 1200. The molecular weight excluding hydrogens is 415 g/mol. The number of benzene rings is 2. The molecule has 0 atom stereocenters. The lowest BCUT2D eigenvalue weighted by Crippen LogP contribution is -2.15. The van der Waals surface area contributed by atoms with Crippen LogP contribution in [0.2, 0.25) is 0 Å². The van der Waals surface area contributed by atoms with Gasteiger partial charge in [0.05, 0.1) is 24.8 Å². The molecule has 0 fully saturated rings. The molecule has 0 aliphatic heterocycles. The number of aromatic nitrogens is 2. The molecule has 2 aromatic heterocycles. The second-order valence-corrected chi connectivity index (χ2v) is 7.37. The van der Waals surface area contributed by atoms with E-state index in [1.807, 2.05) is 40.2 Å². The highest BCUT2D eigenvalue weighted by Crippen LogP contribution is 2.30. The number of amides is 1. The second kappa shape index (κ2) is 7.83. The number of methoxy groups -OCH3 is 1. The Labute approximate surface area is 173 Å². The molecule has 4 aromatic rings. The quantitative estimate of drug-likeness (QED) is 0.468. The van der Waals surface area contributed by atoms with Crippen LogP contribution in [0.15, 0.2) is 60.1 Å². The zero-order valence-corrected chi connectivity index (χ0v) is 16.6. The summed E-state index contributed by atoms with van der Waals surface area (Å²) in [7, 11) is 1.60. The van der Waals surface area contributed by atoms with E-state index in [0.717, 1.165) is 39.8 Å². The number of hydrogen-bond acceptors (Lipinski definition) is 4. The Morgan fingerprint density at radius 2 is 1.97 bits per heavy atom. The van der Waals surface area contributed by atoms with Crippen LogP contribution in [0, 0.1) is 0 Å². The SMILES string of the molecule is COc1cccc(-c2cn3c(CC(=O)Nc4ccc(C(F)(F)F)cc4)csc3n2)c1. The van der Waals surface area contributed by atoms with E-state index in [4.69, 9.17) is 4.74 Å². The third kappa shape index (κ3) is 4.16. The number of ether oxygens (including phenoxy) is 1. The molecule has 0 unspecified atom stereocenters. The fraction of sp³-hybridized carbons (Fsp3) is 0.143. The molecular formula is C21H16F3N3O2S. The molecule has 9 heteroatoms. The van der Waals surface area contributed by atoms with E-state index >= 15 is 0 Å². The molecule has 1 amide bonds. The molecule has 5 nitrogen and oxygen atoms in total. The molecule has 0 saturated carbocycles. The first kappa shape index (κ1) is 20.0. The molecule has 0 saturated heterocycles. The molecule has 0 aliphatic carbocycles. The van der Waals surface area contributed by atoms with Crippen molar-refractivity contribution in [2.75, 3.05) is 12.4 Å². The zero-order chi connectivity index (χ0) is 21.3. The minimum absolute atomic E-state index is 0.0644. The van der Waals surface area contributed by atoms with Gasteiger partial charge in [-0.3, -0.25) is 9.20 Å². The highest BCUT2D eigenvalue weighted by atomic mass is 32.1. The Morgan fingerprint density at radius 1 is 1.20 bits per heavy atom. The van der Waals surface area contributed by atoms with Crippen LogP contribution < -0.4 is 10.1 Å². The summed E-state index contributed by atoms with van der Waals surface area (Å²) in [4.78, 5) is 17.7. The first-order valence-corrected chi connectivity index (χ1v) is 9.78. The Hall–Kier alpha value is -3.33. The smallest absolute Gasteiger partial charge is 0.416 e. The lowest BCUT2D eigenvalue weighted by atomic mass is 10.1. The highest BCUT2D eigenvalue weighted by Gasteiger charge is 2.30. The summed E-state index contributed by atoms with van der Waals surface area (Å²) in [5.74, 6) is 0.395. The van der Waals surface area contributed by atoms with Crippen LogP contribution in [0.1, 0.15) is 11.3 Å². The summed E-state index contributed by atoms with van der Waals surface area (Å²) in [5, 5.41) is 4.46. The van der Waals surface area contributed by atoms with Crippen molar-refractivity contribution in [3.8, 4) is 17.0 Å². The van der Waals surface area contributed by atoms with E-state index in [2.05, 4.69) is 10.3 Å². The molecule has 2 aromatic carbocycles. The van der Waals surface area contributed by atoms with Gasteiger partial charge in [-0.1, -0.05) is 12.1 Å². The highest BCUT2D eigenvalue weighted by molar-refractivity contribution is 7.15. The van der Waals surface area contributed by atoms with Gasteiger partial charge in [0.1, 0.15) is 5.75 Å². The van der Waals surface area contributed by atoms with Gasteiger partial charge in [0.2, 0.25) is 5.91 Å². The predicted octanol–water partition coefficient (Wildman–Crippen LogP) is 5.27. The van der Waals surface area contributed by atoms with Crippen LogP contribution in [0.5, 0.6) is 5.75 Å². The van der Waals surface area contributed by atoms with Crippen LogP contribution >= 0.6 is 11.3 Å². The first-order valence-electron chi connectivity index (χ1n) is 8.90. The zero-order valence-electron chi connectivity index (χ0n) is 15.7. The van der Waals surface area contributed by atoms with Crippen molar-refractivity contribution in [2.24, 2.45) is 0 Å². The lowest BCUT2D eigenvalue weighted by molar-refractivity contribution is -0.137. The third-order valence-corrected chi connectivity index (χ3v) is 5.38. The van der Waals surface area contributed by atoms with Crippen molar-refractivity contribution in [1.82, 2.24) is 9.38 Å². The van der Waals surface area contributed by atoms with Gasteiger partial charge in [0, 0.05) is 28.5 Å². The van der Waals surface area contributed by atoms with E-state index in [0.29, 0.717) is 5.69 Å². The van der Waals surface area contributed by atoms with Gasteiger partial charge in [-0.05, 0) is 36.4 Å². The van der Waals surface area contributed by atoms with Crippen molar-refractivity contribution in [2.45, 2.75) is 12.6 Å². The van der Waals surface area contributed by atoms with Crippen LogP contribution in [-0.2, 0) is 17.4 Å². The average molecular weight is 431 g/mol. The molecule has 0 bridgehead atoms. The van der Waals surface area contributed by atoms with Gasteiger partial charge in [-0.25, -0.2) is 4.98 Å². The number of halogens is 3.